The normalized spacial score (nSPS) is 17.9. The smallest absolute Gasteiger partial charge is 0.228 e. The molecule has 164 valence electrons. The third kappa shape index (κ3) is 5.56. The number of methoxy groups -OCH3 is 1. The van der Waals surface area contributed by atoms with E-state index < -0.39 is 9.84 Å². The standard InChI is InChI=1S/C22H31N3O4S/c1-3-21(26)19-10-7-11-24(16-19)17-20-14-23-22(30(27,28)13-12-29-2)25(20)15-18-8-5-4-6-9-18/h4-6,8-9,14,19H,3,7,10-13,15-17H2,1-2H3/t19-/m0/s1. The molecule has 1 aromatic heterocycles. The van der Waals surface area contributed by atoms with Gasteiger partial charge in [0.1, 0.15) is 5.78 Å². The van der Waals surface area contributed by atoms with E-state index in [1.807, 2.05) is 37.3 Å². The van der Waals surface area contributed by atoms with Crippen molar-refractivity contribution in [2.45, 2.75) is 44.4 Å². The molecule has 2 aromatic rings. The summed E-state index contributed by atoms with van der Waals surface area (Å²) in [6, 6.07) is 9.78. The van der Waals surface area contributed by atoms with Gasteiger partial charge in [0, 0.05) is 32.5 Å². The van der Waals surface area contributed by atoms with Gasteiger partial charge < -0.3 is 9.30 Å². The summed E-state index contributed by atoms with van der Waals surface area (Å²) in [7, 11) is -2.08. The van der Waals surface area contributed by atoms with Crippen molar-refractivity contribution in [1.29, 1.82) is 0 Å². The summed E-state index contributed by atoms with van der Waals surface area (Å²) in [6.45, 7) is 4.66. The van der Waals surface area contributed by atoms with Gasteiger partial charge in [0.2, 0.25) is 15.0 Å². The zero-order chi connectivity index (χ0) is 21.6. The molecule has 3 rings (SSSR count). The summed E-state index contributed by atoms with van der Waals surface area (Å²) < 4.78 is 32.5. The van der Waals surface area contributed by atoms with Crippen LogP contribution in [0.15, 0.2) is 41.7 Å². The molecule has 2 heterocycles. The minimum Gasteiger partial charge on any atom is -0.384 e. The molecule has 8 heteroatoms. The lowest BCUT2D eigenvalue weighted by Gasteiger charge is -2.32. The lowest BCUT2D eigenvalue weighted by Crippen LogP contribution is -2.38. The quantitative estimate of drug-likeness (QED) is 0.573. The van der Waals surface area contributed by atoms with Gasteiger partial charge in [0.05, 0.1) is 30.8 Å². The fourth-order valence-corrected chi connectivity index (χ4v) is 5.27. The Morgan fingerprint density at radius 1 is 1.23 bits per heavy atom. The molecule has 0 unspecified atom stereocenters. The van der Waals surface area contributed by atoms with E-state index in [9.17, 15) is 13.2 Å². The Balaban J connectivity index is 1.87. The number of benzene rings is 1. The highest BCUT2D eigenvalue weighted by Crippen LogP contribution is 2.22. The number of carbonyl (C=O) groups excluding carboxylic acids is 1. The number of ketones is 1. The molecule has 1 fully saturated rings. The second-order valence-corrected chi connectivity index (χ2v) is 9.81. The third-order valence-electron chi connectivity index (χ3n) is 5.61. The van der Waals surface area contributed by atoms with Crippen LogP contribution in [-0.2, 0) is 32.5 Å². The van der Waals surface area contributed by atoms with E-state index in [0.717, 1.165) is 37.2 Å². The number of rotatable bonds is 10. The van der Waals surface area contributed by atoms with Crippen molar-refractivity contribution in [1.82, 2.24) is 14.5 Å². The number of sulfone groups is 1. The van der Waals surface area contributed by atoms with Crippen LogP contribution in [0.1, 0.15) is 37.4 Å². The van der Waals surface area contributed by atoms with Gasteiger partial charge in [-0.2, -0.15) is 0 Å². The average Bonchev–Trinajstić information content (AvgIpc) is 3.15. The van der Waals surface area contributed by atoms with Crippen LogP contribution in [0.25, 0.3) is 0 Å². The van der Waals surface area contributed by atoms with Crippen LogP contribution in [0.3, 0.4) is 0 Å². The van der Waals surface area contributed by atoms with Gasteiger partial charge in [0.25, 0.3) is 0 Å². The van der Waals surface area contributed by atoms with Crippen molar-refractivity contribution < 1.29 is 17.9 Å². The van der Waals surface area contributed by atoms with Gasteiger partial charge in [-0.25, -0.2) is 13.4 Å². The fraction of sp³-hybridized carbons (Fsp3) is 0.545. The van der Waals surface area contributed by atoms with Crippen molar-refractivity contribution in [3.8, 4) is 0 Å². The van der Waals surface area contributed by atoms with Gasteiger partial charge in [-0.3, -0.25) is 9.69 Å². The van der Waals surface area contributed by atoms with Gasteiger partial charge in [0.15, 0.2) is 0 Å². The Morgan fingerprint density at radius 2 is 2.00 bits per heavy atom. The highest BCUT2D eigenvalue weighted by Gasteiger charge is 2.27. The Kier molecular flexibility index (Phi) is 7.80. The van der Waals surface area contributed by atoms with E-state index in [4.69, 9.17) is 4.74 Å². The highest BCUT2D eigenvalue weighted by molar-refractivity contribution is 7.91. The Labute approximate surface area is 179 Å². The van der Waals surface area contributed by atoms with E-state index in [0.29, 0.717) is 25.3 Å². The summed E-state index contributed by atoms with van der Waals surface area (Å²) >= 11 is 0. The molecule has 1 aliphatic heterocycles. The SMILES string of the molecule is CCC(=O)[C@H]1CCCN(Cc2cnc(S(=O)(=O)CCOC)n2Cc2ccccc2)C1. The van der Waals surface area contributed by atoms with Gasteiger partial charge in [-0.1, -0.05) is 37.3 Å². The molecular formula is C22H31N3O4S. The van der Waals surface area contributed by atoms with E-state index in [1.54, 1.807) is 10.8 Å². The van der Waals surface area contributed by atoms with Crippen LogP contribution in [0.5, 0.6) is 0 Å². The molecule has 0 radical (unpaired) electrons. The Hall–Kier alpha value is -2.03. The Morgan fingerprint density at radius 3 is 2.70 bits per heavy atom. The van der Waals surface area contributed by atoms with Gasteiger partial charge in [-0.15, -0.1) is 0 Å². The second-order valence-electron chi connectivity index (χ2n) is 7.81. The lowest BCUT2D eigenvalue weighted by molar-refractivity contribution is -0.124. The number of piperidine rings is 1. The number of imidazole rings is 1. The van der Waals surface area contributed by atoms with Crippen molar-refractivity contribution in [3.63, 3.8) is 0 Å². The van der Waals surface area contributed by atoms with E-state index in [1.165, 1.54) is 7.11 Å². The Bertz CT molecular complexity index is 941. The number of nitrogens with zero attached hydrogens (tertiary/aromatic N) is 3. The molecule has 1 aromatic carbocycles. The largest absolute Gasteiger partial charge is 0.384 e. The maximum atomic E-state index is 12.9. The van der Waals surface area contributed by atoms with Crippen LogP contribution >= 0.6 is 0 Å². The summed E-state index contributed by atoms with van der Waals surface area (Å²) in [5, 5.41) is 0.0802. The molecule has 0 saturated carbocycles. The van der Waals surface area contributed by atoms with Gasteiger partial charge in [-0.05, 0) is 24.9 Å². The zero-order valence-corrected chi connectivity index (χ0v) is 18.6. The van der Waals surface area contributed by atoms with Crippen LogP contribution in [0.2, 0.25) is 0 Å². The lowest BCUT2D eigenvalue weighted by atomic mass is 9.92. The predicted molar refractivity (Wildman–Crippen MR) is 115 cm³/mol. The van der Waals surface area contributed by atoms with Crippen molar-refractivity contribution in [2.24, 2.45) is 5.92 Å². The van der Waals surface area contributed by atoms with Crippen molar-refractivity contribution in [2.75, 3.05) is 32.6 Å². The van der Waals surface area contributed by atoms with Crippen molar-refractivity contribution in [3.05, 3.63) is 47.8 Å². The van der Waals surface area contributed by atoms with Crippen LogP contribution in [0.4, 0.5) is 0 Å². The first kappa shape index (κ1) is 22.7. The summed E-state index contributed by atoms with van der Waals surface area (Å²) in [4.78, 5) is 18.7. The number of hydrogen-bond acceptors (Lipinski definition) is 6. The highest BCUT2D eigenvalue weighted by atomic mass is 32.2. The molecule has 0 spiro atoms. The second kappa shape index (κ2) is 10.3. The maximum absolute atomic E-state index is 12.9. The molecule has 0 amide bonds. The topological polar surface area (TPSA) is 81.5 Å². The molecule has 1 saturated heterocycles. The first-order chi connectivity index (χ1) is 14.4. The monoisotopic (exact) mass is 433 g/mol. The fourth-order valence-electron chi connectivity index (χ4n) is 3.97. The minimum absolute atomic E-state index is 0.0687. The molecule has 7 nitrogen and oxygen atoms in total. The zero-order valence-electron chi connectivity index (χ0n) is 17.8. The predicted octanol–water partition coefficient (Wildman–Crippen LogP) is 2.54. The number of aromatic nitrogens is 2. The molecule has 30 heavy (non-hydrogen) atoms. The number of carbonyl (C=O) groups is 1. The van der Waals surface area contributed by atoms with Crippen LogP contribution in [0, 0.1) is 5.92 Å². The summed E-state index contributed by atoms with van der Waals surface area (Å²) in [5.74, 6) is 0.269. The van der Waals surface area contributed by atoms with E-state index in [-0.39, 0.29) is 23.4 Å². The van der Waals surface area contributed by atoms with E-state index >= 15 is 0 Å². The van der Waals surface area contributed by atoms with Crippen molar-refractivity contribution >= 4 is 15.6 Å². The number of likely N-dealkylation sites (tertiary alicyclic amines) is 1. The maximum Gasteiger partial charge on any atom is 0.228 e. The van der Waals surface area contributed by atoms with Crippen LogP contribution in [-0.4, -0.2) is 61.2 Å². The minimum atomic E-state index is -3.57. The number of ether oxygens (including phenoxy) is 1. The number of hydrogen-bond donors (Lipinski definition) is 0. The van der Waals surface area contributed by atoms with Crippen LogP contribution < -0.4 is 0 Å². The molecule has 0 aliphatic carbocycles. The van der Waals surface area contributed by atoms with E-state index in [2.05, 4.69) is 9.88 Å². The number of Topliss-reactive ketones (excluding diaryl/α,β-unsaturated/α-hetero) is 1. The third-order valence-corrected chi connectivity index (χ3v) is 7.20. The summed E-state index contributed by atoms with van der Waals surface area (Å²) in [6.07, 6.45) is 4.13. The first-order valence-electron chi connectivity index (χ1n) is 10.5. The van der Waals surface area contributed by atoms with Gasteiger partial charge >= 0.3 is 0 Å². The summed E-state index contributed by atoms with van der Waals surface area (Å²) in [5.41, 5.74) is 1.86. The average molecular weight is 434 g/mol. The molecule has 1 atom stereocenters. The first-order valence-corrected chi connectivity index (χ1v) is 12.1. The molecule has 1 aliphatic rings. The molecule has 0 N–H and O–H groups in total. The molecule has 0 bridgehead atoms. The molecular weight excluding hydrogens is 402 g/mol.